The van der Waals surface area contributed by atoms with Gasteiger partial charge in [0.1, 0.15) is 5.75 Å². The van der Waals surface area contributed by atoms with Crippen molar-refractivity contribution in [1.82, 2.24) is 5.32 Å². The van der Waals surface area contributed by atoms with E-state index < -0.39 is 0 Å². The monoisotopic (exact) mass is 275 g/mol. The average Bonchev–Trinajstić information content (AvgIpc) is 2.93. The number of nitrogens with one attached hydrogen (secondary N) is 1. The number of hydrogen-bond donors (Lipinski definition) is 1. The Balaban J connectivity index is 1.57. The molecule has 3 nitrogen and oxygen atoms in total. The van der Waals surface area contributed by atoms with Gasteiger partial charge in [-0.1, -0.05) is 18.2 Å². The molecule has 1 heterocycles. The van der Waals surface area contributed by atoms with Gasteiger partial charge in [-0.2, -0.15) is 11.3 Å². The quantitative estimate of drug-likeness (QED) is 0.844. The van der Waals surface area contributed by atoms with Crippen molar-refractivity contribution < 1.29 is 9.53 Å². The standard InChI is InChI=1S/C15H17NO2S/c17-15(16-9-6-13-8-11-19-12-13)7-10-18-14-4-2-1-3-5-14/h1-5,8,11-12H,6-7,9-10H2,(H,16,17). The molecule has 100 valence electrons. The van der Waals surface area contributed by atoms with Crippen molar-refractivity contribution >= 4 is 17.2 Å². The highest BCUT2D eigenvalue weighted by Crippen LogP contribution is 2.08. The second kappa shape index (κ2) is 7.59. The molecular formula is C15H17NO2S. The molecule has 1 aromatic heterocycles. The van der Waals surface area contributed by atoms with E-state index in [0.717, 1.165) is 12.2 Å². The van der Waals surface area contributed by atoms with Gasteiger partial charge in [-0.25, -0.2) is 0 Å². The molecule has 0 unspecified atom stereocenters. The van der Waals surface area contributed by atoms with E-state index in [1.54, 1.807) is 11.3 Å². The summed E-state index contributed by atoms with van der Waals surface area (Å²) < 4.78 is 5.47. The predicted molar refractivity (Wildman–Crippen MR) is 77.6 cm³/mol. The summed E-state index contributed by atoms with van der Waals surface area (Å²) in [5.41, 5.74) is 1.27. The van der Waals surface area contributed by atoms with E-state index >= 15 is 0 Å². The highest BCUT2D eigenvalue weighted by molar-refractivity contribution is 7.07. The first-order valence-electron chi connectivity index (χ1n) is 6.30. The van der Waals surface area contributed by atoms with Crippen LogP contribution in [0.1, 0.15) is 12.0 Å². The van der Waals surface area contributed by atoms with Gasteiger partial charge in [0, 0.05) is 6.54 Å². The normalized spacial score (nSPS) is 10.1. The first-order chi connectivity index (χ1) is 9.34. The molecule has 1 amide bonds. The Labute approximate surface area is 117 Å². The van der Waals surface area contributed by atoms with E-state index in [1.165, 1.54) is 5.56 Å². The molecule has 0 aliphatic rings. The van der Waals surface area contributed by atoms with Gasteiger partial charge in [0.15, 0.2) is 0 Å². The molecule has 0 atom stereocenters. The summed E-state index contributed by atoms with van der Waals surface area (Å²) in [5.74, 6) is 0.833. The largest absolute Gasteiger partial charge is 0.493 e. The van der Waals surface area contributed by atoms with E-state index in [9.17, 15) is 4.79 Å². The molecule has 0 saturated carbocycles. The van der Waals surface area contributed by atoms with Crippen LogP contribution in [0.3, 0.4) is 0 Å². The van der Waals surface area contributed by atoms with E-state index in [2.05, 4.69) is 16.8 Å². The van der Waals surface area contributed by atoms with Crippen molar-refractivity contribution in [2.45, 2.75) is 12.8 Å². The highest BCUT2D eigenvalue weighted by atomic mass is 32.1. The van der Waals surface area contributed by atoms with Crippen LogP contribution in [0.4, 0.5) is 0 Å². The summed E-state index contributed by atoms with van der Waals surface area (Å²) in [6.45, 7) is 1.09. The minimum atomic E-state index is 0.0335. The number of amides is 1. The summed E-state index contributed by atoms with van der Waals surface area (Å²) >= 11 is 1.68. The molecule has 2 aromatic rings. The van der Waals surface area contributed by atoms with Gasteiger partial charge in [0.25, 0.3) is 0 Å². The number of rotatable bonds is 7. The second-order valence-electron chi connectivity index (χ2n) is 4.14. The van der Waals surface area contributed by atoms with Gasteiger partial charge in [-0.15, -0.1) is 0 Å². The van der Waals surface area contributed by atoms with Crippen molar-refractivity contribution in [2.75, 3.05) is 13.2 Å². The molecule has 0 radical (unpaired) electrons. The smallest absolute Gasteiger partial charge is 0.223 e. The Morgan fingerprint density at radius 1 is 1.21 bits per heavy atom. The van der Waals surface area contributed by atoms with Crippen LogP contribution in [0, 0.1) is 0 Å². The maximum Gasteiger partial charge on any atom is 0.223 e. The van der Waals surface area contributed by atoms with E-state index in [4.69, 9.17) is 4.74 Å². The topological polar surface area (TPSA) is 38.3 Å². The van der Waals surface area contributed by atoms with Crippen LogP contribution in [0.5, 0.6) is 5.75 Å². The number of hydrogen-bond acceptors (Lipinski definition) is 3. The fourth-order valence-corrected chi connectivity index (χ4v) is 2.35. The minimum absolute atomic E-state index is 0.0335. The lowest BCUT2D eigenvalue weighted by Gasteiger charge is -2.06. The number of carbonyl (C=O) groups is 1. The van der Waals surface area contributed by atoms with Crippen molar-refractivity contribution in [3.05, 3.63) is 52.7 Å². The zero-order chi connectivity index (χ0) is 13.3. The van der Waals surface area contributed by atoms with Gasteiger partial charge in [-0.3, -0.25) is 4.79 Å². The first-order valence-corrected chi connectivity index (χ1v) is 7.24. The summed E-state index contributed by atoms with van der Waals surface area (Å²) in [6, 6.07) is 11.6. The SMILES string of the molecule is O=C(CCOc1ccccc1)NCCc1ccsc1. The molecule has 4 heteroatoms. The molecule has 0 fully saturated rings. The number of ether oxygens (including phenoxy) is 1. The Hall–Kier alpha value is -1.81. The van der Waals surface area contributed by atoms with Crippen LogP contribution in [0.2, 0.25) is 0 Å². The molecule has 0 aliphatic carbocycles. The second-order valence-corrected chi connectivity index (χ2v) is 4.92. The highest BCUT2D eigenvalue weighted by Gasteiger charge is 2.01. The van der Waals surface area contributed by atoms with Crippen LogP contribution in [-0.4, -0.2) is 19.1 Å². The molecule has 1 aromatic carbocycles. The maximum atomic E-state index is 11.6. The summed E-state index contributed by atoms with van der Waals surface area (Å²) in [7, 11) is 0. The third kappa shape index (κ3) is 5.14. The van der Waals surface area contributed by atoms with Crippen LogP contribution in [0.15, 0.2) is 47.2 Å². The molecular weight excluding hydrogens is 258 g/mol. The third-order valence-electron chi connectivity index (χ3n) is 2.66. The Bertz CT molecular complexity index is 482. The van der Waals surface area contributed by atoms with Crippen molar-refractivity contribution in [3.8, 4) is 5.75 Å². The Morgan fingerprint density at radius 2 is 2.05 bits per heavy atom. The van der Waals surface area contributed by atoms with Gasteiger partial charge in [0.05, 0.1) is 13.0 Å². The zero-order valence-electron chi connectivity index (χ0n) is 10.7. The van der Waals surface area contributed by atoms with Gasteiger partial charge >= 0.3 is 0 Å². The van der Waals surface area contributed by atoms with Gasteiger partial charge < -0.3 is 10.1 Å². The zero-order valence-corrected chi connectivity index (χ0v) is 11.5. The number of para-hydroxylation sites is 1. The lowest BCUT2D eigenvalue weighted by molar-refractivity contribution is -0.121. The van der Waals surface area contributed by atoms with Crippen molar-refractivity contribution in [2.24, 2.45) is 0 Å². The van der Waals surface area contributed by atoms with Crippen LogP contribution < -0.4 is 10.1 Å². The number of carbonyl (C=O) groups excluding carboxylic acids is 1. The molecule has 1 N–H and O–H groups in total. The summed E-state index contributed by atoms with van der Waals surface area (Å²) in [6.07, 6.45) is 1.27. The molecule has 0 saturated heterocycles. The molecule has 0 aliphatic heterocycles. The Kier molecular flexibility index (Phi) is 5.44. The predicted octanol–water partition coefficient (Wildman–Crippen LogP) is 2.88. The molecule has 0 bridgehead atoms. The fourth-order valence-electron chi connectivity index (χ4n) is 1.65. The van der Waals surface area contributed by atoms with Crippen LogP contribution in [-0.2, 0) is 11.2 Å². The first kappa shape index (κ1) is 13.6. The van der Waals surface area contributed by atoms with Crippen molar-refractivity contribution in [3.63, 3.8) is 0 Å². The van der Waals surface area contributed by atoms with Crippen LogP contribution >= 0.6 is 11.3 Å². The van der Waals surface area contributed by atoms with Crippen molar-refractivity contribution in [1.29, 1.82) is 0 Å². The van der Waals surface area contributed by atoms with E-state index in [0.29, 0.717) is 19.6 Å². The minimum Gasteiger partial charge on any atom is -0.493 e. The lowest BCUT2D eigenvalue weighted by Crippen LogP contribution is -2.26. The third-order valence-corrected chi connectivity index (χ3v) is 3.39. The van der Waals surface area contributed by atoms with E-state index in [1.807, 2.05) is 35.7 Å². The Morgan fingerprint density at radius 3 is 2.79 bits per heavy atom. The number of thiophene rings is 1. The molecule has 0 spiro atoms. The van der Waals surface area contributed by atoms with Gasteiger partial charge in [0.2, 0.25) is 5.91 Å². The average molecular weight is 275 g/mol. The summed E-state index contributed by atoms with van der Waals surface area (Å²) in [4.78, 5) is 11.6. The number of benzene rings is 1. The maximum absolute atomic E-state index is 11.6. The lowest BCUT2D eigenvalue weighted by atomic mass is 10.2. The van der Waals surface area contributed by atoms with Crippen LogP contribution in [0.25, 0.3) is 0 Å². The summed E-state index contributed by atoms with van der Waals surface area (Å²) in [5, 5.41) is 7.04. The molecule has 2 rings (SSSR count). The van der Waals surface area contributed by atoms with Gasteiger partial charge in [-0.05, 0) is 40.9 Å². The molecule has 19 heavy (non-hydrogen) atoms. The fraction of sp³-hybridized carbons (Fsp3) is 0.267. The van der Waals surface area contributed by atoms with E-state index in [-0.39, 0.29) is 5.91 Å².